The number of anilines is 1. The molecule has 1 aromatic carbocycles. The van der Waals surface area contributed by atoms with Crippen LogP contribution < -0.4 is 15.1 Å². The number of fused-ring (bicyclic) bond motifs is 3. The van der Waals surface area contributed by atoms with E-state index < -0.39 is 0 Å². The number of ether oxygens (including phenoxy) is 1. The monoisotopic (exact) mass is 394 g/mol. The molecule has 3 aliphatic heterocycles. The minimum atomic E-state index is -0.340. The minimum absolute atomic E-state index is 0.112. The average molecular weight is 394 g/mol. The molecular formula is C22H26N4O3. The van der Waals surface area contributed by atoms with E-state index in [4.69, 9.17) is 9.15 Å². The molecule has 152 valence electrons. The van der Waals surface area contributed by atoms with E-state index in [0.29, 0.717) is 12.5 Å². The van der Waals surface area contributed by atoms with Crippen LogP contribution in [0.4, 0.5) is 5.69 Å². The van der Waals surface area contributed by atoms with Crippen LogP contribution >= 0.6 is 0 Å². The molecule has 3 aliphatic rings. The summed E-state index contributed by atoms with van der Waals surface area (Å²) in [6, 6.07) is 7.78. The molecule has 2 unspecified atom stereocenters. The number of nitrogens with zero attached hydrogens (tertiary/aromatic N) is 3. The van der Waals surface area contributed by atoms with Gasteiger partial charge in [-0.3, -0.25) is 4.79 Å². The Bertz CT molecular complexity index is 992. The zero-order valence-corrected chi connectivity index (χ0v) is 17.2. The summed E-state index contributed by atoms with van der Waals surface area (Å²) in [4.78, 5) is 16.6. The summed E-state index contributed by atoms with van der Waals surface area (Å²) < 4.78 is 11.8. The number of benzene rings is 1. The van der Waals surface area contributed by atoms with Gasteiger partial charge in [-0.1, -0.05) is 13.8 Å². The lowest BCUT2D eigenvalue weighted by Gasteiger charge is -2.50. The molecule has 1 N–H and O–H groups in total. The van der Waals surface area contributed by atoms with E-state index in [9.17, 15) is 4.79 Å². The highest BCUT2D eigenvalue weighted by atomic mass is 16.5. The quantitative estimate of drug-likeness (QED) is 0.867. The highest BCUT2D eigenvalue weighted by Gasteiger charge is 2.43. The van der Waals surface area contributed by atoms with E-state index >= 15 is 0 Å². The predicted octanol–water partition coefficient (Wildman–Crippen LogP) is 3.03. The molecule has 0 aliphatic carbocycles. The molecule has 1 saturated heterocycles. The van der Waals surface area contributed by atoms with Crippen LogP contribution in [-0.4, -0.2) is 49.4 Å². The maximum atomic E-state index is 12.3. The van der Waals surface area contributed by atoms with Gasteiger partial charge in [0, 0.05) is 18.7 Å². The summed E-state index contributed by atoms with van der Waals surface area (Å²) >= 11 is 0. The maximum absolute atomic E-state index is 12.3. The second-order valence-corrected chi connectivity index (χ2v) is 8.77. The van der Waals surface area contributed by atoms with Gasteiger partial charge in [-0.05, 0) is 55.1 Å². The Hall–Kier alpha value is -2.80. The first kappa shape index (κ1) is 18.2. The molecule has 0 saturated carbocycles. The highest BCUT2D eigenvalue weighted by molar-refractivity contribution is 6.09. The number of carbonyl (C=O) groups excluding carboxylic acids is 1. The first-order valence-electron chi connectivity index (χ1n) is 10.1. The van der Waals surface area contributed by atoms with Crippen LogP contribution in [0.3, 0.4) is 0 Å². The van der Waals surface area contributed by atoms with Crippen LogP contribution in [-0.2, 0) is 4.79 Å². The van der Waals surface area contributed by atoms with Crippen LogP contribution in [0, 0.1) is 5.41 Å². The van der Waals surface area contributed by atoms with E-state index in [1.165, 1.54) is 5.56 Å². The Labute approximate surface area is 170 Å². The molecule has 29 heavy (non-hydrogen) atoms. The Morgan fingerprint density at radius 3 is 2.83 bits per heavy atom. The fraction of sp³-hybridized carbons (Fsp3) is 0.455. The number of rotatable bonds is 3. The largest absolute Gasteiger partial charge is 0.483 e. The second-order valence-electron chi connectivity index (χ2n) is 8.77. The lowest BCUT2D eigenvalue weighted by atomic mass is 9.68. The minimum Gasteiger partial charge on any atom is -0.483 e. The lowest BCUT2D eigenvalue weighted by Crippen LogP contribution is -2.56. The molecule has 0 radical (unpaired) electrons. The topological polar surface area (TPSA) is 70.3 Å². The number of nitrogens with one attached hydrogen (secondary N) is 1. The molecule has 1 amide bonds. The predicted molar refractivity (Wildman–Crippen MR) is 111 cm³/mol. The van der Waals surface area contributed by atoms with Crippen LogP contribution in [0.25, 0.3) is 11.3 Å². The van der Waals surface area contributed by atoms with Crippen molar-refractivity contribution in [3.8, 4) is 17.1 Å². The van der Waals surface area contributed by atoms with Crippen LogP contribution in [0.1, 0.15) is 32.3 Å². The van der Waals surface area contributed by atoms with Gasteiger partial charge in [-0.2, -0.15) is 5.10 Å². The van der Waals surface area contributed by atoms with Crippen molar-refractivity contribution in [1.82, 2.24) is 10.3 Å². The molecule has 1 aromatic heterocycles. The standard InChI is InChI=1S/C22H26N4O3/c1-13(22(3)11-25(4)12-22)15-8-17-19(9-16(15)18-6-5-7-28-18)29-10-20-23-24-21(27)14(2)26(17)20/h5-9,13-14H,10-12H2,1-4H3,(H,24,27). The van der Waals surface area contributed by atoms with Crippen molar-refractivity contribution in [3.63, 3.8) is 0 Å². The number of furan rings is 1. The van der Waals surface area contributed by atoms with E-state index in [1.54, 1.807) is 6.26 Å². The van der Waals surface area contributed by atoms with Crippen molar-refractivity contribution < 1.29 is 13.9 Å². The SMILES string of the molecule is CC1C(=O)NN=C2COc3cc(-c4ccco4)c(C(C)C4(C)CN(C)C4)cc3N21. The van der Waals surface area contributed by atoms with Crippen molar-refractivity contribution in [3.05, 3.63) is 36.1 Å². The summed E-state index contributed by atoms with van der Waals surface area (Å²) in [6.45, 7) is 8.94. The summed E-state index contributed by atoms with van der Waals surface area (Å²) in [7, 11) is 2.15. The Morgan fingerprint density at radius 1 is 1.34 bits per heavy atom. The van der Waals surface area contributed by atoms with Crippen LogP contribution in [0.5, 0.6) is 5.75 Å². The van der Waals surface area contributed by atoms with Crippen molar-refractivity contribution in [2.75, 3.05) is 31.6 Å². The molecule has 2 aromatic rings. The molecule has 2 atom stereocenters. The zero-order chi connectivity index (χ0) is 20.3. The first-order valence-corrected chi connectivity index (χ1v) is 10.1. The van der Waals surface area contributed by atoms with Gasteiger partial charge in [-0.25, -0.2) is 5.43 Å². The maximum Gasteiger partial charge on any atom is 0.262 e. The van der Waals surface area contributed by atoms with Crippen molar-refractivity contribution in [2.45, 2.75) is 32.7 Å². The molecule has 5 rings (SSSR count). The normalized spacial score (nSPS) is 23.9. The Morgan fingerprint density at radius 2 is 2.14 bits per heavy atom. The molecule has 1 fully saturated rings. The van der Waals surface area contributed by atoms with Gasteiger partial charge in [0.25, 0.3) is 5.91 Å². The van der Waals surface area contributed by atoms with Gasteiger partial charge in [-0.15, -0.1) is 0 Å². The van der Waals surface area contributed by atoms with Gasteiger partial charge in [0.15, 0.2) is 5.84 Å². The number of likely N-dealkylation sites (tertiary alicyclic amines) is 1. The molecule has 7 heteroatoms. The number of amides is 1. The molecule has 0 spiro atoms. The van der Waals surface area contributed by atoms with Gasteiger partial charge >= 0.3 is 0 Å². The second kappa shape index (κ2) is 6.35. The lowest BCUT2D eigenvalue weighted by molar-refractivity contribution is -0.122. The van der Waals surface area contributed by atoms with Gasteiger partial charge in [0.2, 0.25) is 0 Å². The van der Waals surface area contributed by atoms with Crippen molar-refractivity contribution >= 4 is 17.4 Å². The molecule has 7 nitrogen and oxygen atoms in total. The summed E-state index contributed by atoms with van der Waals surface area (Å²) in [5.74, 6) is 2.50. The van der Waals surface area contributed by atoms with E-state index in [-0.39, 0.29) is 17.4 Å². The molecular weight excluding hydrogens is 368 g/mol. The molecule has 0 bridgehead atoms. The van der Waals surface area contributed by atoms with E-state index in [0.717, 1.165) is 41.7 Å². The number of carbonyl (C=O) groups is 1. The fourth-order valence-electron chi connectivity index (χ4n) is 4.93. The third-order valence-corrected chi connectivity index (χ3v) is 6.65. The number of hydrazone groups is 1. The number of hydrogen-bond acceptors (Lipinski definition) is 6. The summed E-state index contributed by atoms with van der Waals surface area (Å²) in [6.07, 6.45) is 1.70. The smallest absolute Gasteiger partial charge is 0.262 e. The van der Waals surface area contributed by atoms with Gasteiger partial charge < -0.3 is 19.0 Å². The third kappa shape index (κ3) is 2.75. The van der Waals surface area contributed by atoms with E-state index in [1.807, 2.05) is 24.0 Å². The summed E-state index contributed by atoms with van der Waals surface area (Å²) in [5, 5.41) is 4.21. The zero-order valence-electron chi connectivity index (χ0n) is 17.2. The van der Waals surface area contributed by atoms with Crippen LogP contribution in [0.15, 0.2) is 40.0 Å². The molecule has 4 heterocycles. The first-order chi connectivity index (χ1) is 13.9. The highest BCUT2D eigenvalue weighted by Crippen LogP contribution is 2.49. The Kier molecular flexibility index (Phi) is 4.00. The van der Waals surface area contributed by atoms with Crippen molar-refractivity contribution in [2.24, 2.45) is 10.5 Å². The van der Waals surface area contributed by atoms with Gasteiger partial charge in [0.05, 0.1) is 12.0 Å². The Balaban J connectivity index is 1.66. The average Bonchev–Trinajstić information content (AvgIpc) is 3.22. The fourth-order valence-corrected chi connectivity index (χ4v) is 4.93. The number of amidine groups is 1. The van der Waals surface area contributed by atoms with Crippen LogP contribution in [0.2, 0.25) is 0 Å². The van der Waals surface area contributed by atoms with E-state index in [2.05, 4.69) is 48.5 Å². The third-order valence-electron chi connectivity index (χ3n) is 6.65. The van der Waals surface area contributed by atoms with Crippen molar-refractivity contribution in [1.29, 1.82) is 0 Å². The summed E-state index contributed by atoms with van der Waals surface area (Å²) in [5.41, 5.74) is 5.92. The number of hydrogen-bond donors (Lipinski definition) is 1. The van der Waals surface area contributed by atoms with Gasteiger partial charge in [0.1, 0.15) is 24.2 Å².